The van der Waals surface area contributed by atoms with Crippen molar-refractivity contribution in [3.05, 3.63) is 53.1 Å². The van der Waals surface area contributed by atoms with Crippen LogP contribution in [-0.2, 0) is 10.0 Å². The summed E-state index contributed by atoms with van der Waals surface area (Å²) in [5.41, 5.74) is 4.16. The molecule has 1 aliphatic rings. The van der Waals surface area contributed by atoms with Crippen LogP contribution >= 0.6 is 0 Å². The lowest BCUT2D eigenvalue weighted by Crippen LogP contribution is -2.40. The summed E-state index contributed by atoms with van der Waals surface area (Å²) in [6.07, 6.45) is 1.88. The van der Waals surface area contributed by atoms with Gasteiger partial charge in [0.05, 0.1) is 4.90 Å². The van der Waals surface area contributed by atoms with Gasteiger partial charge in [-0.05, 0) is 56.9 Å². The third kappa shape index (κ3) is 3.52. The summed E-state index contributed by atoms with van der Waals surface area (Å²) in [5.74, 6) is 0. The molecule has 1 atom stereocenters. The van der Waals surface area contributed by atoms with E-state index in [9.17, 15) is 8.42 Å². The Bertz CT molecular complexity index is 1060. The second kappa shape index (κ2) is 7.22. The van der Waals surface area contributed by atoms with E-state index in [1.807, 2.05) is 57.2 Å². The summed E-state index contributed by atoms with van der Waals surface area (Å²) >= 11 is 0. The number of oxazole rings is 1. The first-order valence-electron chi connectivity index (χ1n) is 9.55. The first kappa shape index (κ1) is 19.0. The maximum absolute atomic E-state index is 13.0. The van der Waals surface area contributed by atoms with E-state index in [-0.39, 0.29) is 6.04 Å². The molecule has 1 aromatic heterocycles. The van der Waals surface area contributed by atoms with E-state index in [4.69, 9.17) is 4.42 Å². The molecule has 2 aromatic carbocycles. The molecule has 3 aromatic rings. The minimum Gasteiger partial charge on any atom is -0.423 e. The molecule has 148 valence electrons. The lowest BCUT2D eigenvalue weighted by atomic mass is 10.1. The summed E-state index contributed by atoms with van der Waals surface area (Å²) in [7, 11) is -3.58. The quantitative estimate of drug-likeness (QED) is 0.708. The van der Waals surface area contributed by atoms with Crippen LogP contribution in [0.25, 0.3) is 11.1 Å². The first-order chi connectivity index (χ1) is 13.3. The van der Waals surface area contributed by atoms with Gasteiger partial charge in [-0.25, -0.2) is 13.1 Å². The molecule has 0 saturated carbocycles. The molecule has 0 spiro atoms. The average molecular weight is 400 g/mol. The van der Waals surface area contributed by atoms with E-state index in [1.54, 1.807) is 0 Å². The Hall–Kier alpha value is -2.38. The van der Waals surface area contributed by atoms with E-state index in [2.05, 4.69) is 14.6 Å². The number of hydrogen-bond donors (Lipinski definition) is 1. The topological polar surface area (TPSA) is 75.4 Å². The Morgan fingerprint density at radius 3 is 2.61 bits per heavy atom. The highest BCUT2D eigenvalue weighted by atomic mass is 32.2. The number of sulfonamides is 1. The zero-order chi connectivity index (χ0) is 19.9. The van der Waals surface area contributed by atoms with Crippen molar-refractivity contribution in [2.45, 2.75) is 44.6 Å². The number of para-hydroxylation sites is 2. The van der Waals surface area contributed by atoms with E-state index in [1.165, 1.54) is 0 Å². The smallest absolute Gasteiger partial charge is 0.298 e. The van der Waals surface area contributed by atoms with E-state index in [0.717, 1.165) is 47.2 Å². The molecule has 1 aliphatic heterocycles. The Labute approximate surface area is 165 Å². The Morgan fingerprint density at radius 1 is 1.18 bits per heavy atom. The summed E-state index contributed by atoms with van der Waals surface area (Å²) in [6, 6.07) is 12.0. The summed E-state index contributed by atoms with van der Waals surface area (Å²) in [4.78, 5) is 7.01. The van der Waals surface area contributed by atoms with Crippen molar-refractivity contribution in [3.63, 3.8) is 0 Å². The second-order valence-electron chi connectivity index (χ2n) is 7.53. The van der Waals surface area contributed by atoms with Gasteiger partial charge < -0.3 is 9.32 Å². The van der Waals surface area contributed by atoms with Crippen LogP contribution in [0.3, 0.4) is 0 Å². The number of benzene rings is 2. The third-order valence-electron chi connectivity index (χ3n) is 5.29. The summed E-state index contributed by atoms with van der Waals surface area (Å²) < 4.78 is 34.6. The van der Waals surface area contributed by atoms with Gasteiger partial charge in [0.25, 0.3) is 6.01 Å². The lowest BCUT2D eigenvalue weighted by Gasteiger charge is -2.23. The van der Waals surface area contributed by atoms with E-state index in [0.29, 0.717) is 17.5 Å². The Morgan fingerprint density at radius 2 is 1.89 bits per heavy atom. The molecule has 4 rings (SSSR count). The Balaban J connectivity index is 1.54. The predicted molar refractivity (Wildman–Crippen MR) is 110 cm³/mol. The molecule has 0 aliphatic carbocycles. The van der Waals surface area contributed by atoms with Gasteiger partial charge in [0.1, 0.15) is 5.52 Å². The van der Waals surface area contributed by atoms with Crippen molar-refractivity contribution in [2.75, 3.05) is 18.0 Å². The maximum atomic E-state index is 13.0. The fourth-order valence-corrected chi connectivity index (χ4v) is 5.67. The molecular formula is C21H25N3O3S. The van der Waals surface area contributed by atoms with Crippen LogP contribution < -0.4 is 9.62 Å². The molecule has 6 nitrogen and oxygen atoms in total. The van der Waals surface area contributed by atoms with E-state index < -0.39 is 10.0 Å². The van der Waals surface area contributed by atoms with Gasteiger partial charge in [-0.15, -0.1) is 0 Å². The molecular weight excluding hydrogens is 374 g/mol. The number of anilines is 1. The maximum Gasteiger partial charge on any atom is 0.298 e. The average Bonchev–Trinajstić information content (AvgIpc) is 3.25. The standard InChI is InChI=1S/C21H25N3O3S/c1-14-11-15(2)20(16(3)12-14)28(25,26)22-13-17-7-6-10-24(17)21-23-18-8-4-5-9-19(18)27-21/h4-5,8-9,11-12,17,22H,6-7,10,13H2,1-3H3. The molecule has 1 fully saturated rings. The number of fused-ring (bicyclic) bond motifs is 1. The molecule has 0 bridgehead atoms. The van der Waals surface area contributed by atoms with Gasteiger partial charge in [0.15, 0.2) is 5.58 Å². The zero-order valence-electron chi connectivity index (χ0n) is 16.4. The Kier molecular flexibility index (Phi) is 4.89. The monoisotopic (exact) mass is 399 g/mol. The van der Waals surface area contributed by atoms with Crippen LogP contribution in [0, 0.1) is 20.8 Å². The van der Waals surface area contributed by atoms with Gasteiger partial charge in [-0.1, -0.05) is 29.8 Å². The van der Waals surface area contributed by atoms with Crippen molar-refractivity contribution < 1.29 is 12.8 Å². The van der Waals surface area contributed by atoms with Crippen LogP contribution in [0.5, 0.6) is 0 Å². The molecule has 7 heteroatoms. The highest BCUT2D eigenvalue weighted by molar-refractivity contribution is 7.89. The van der Waals surface area contributed by atoms with Gasteiger partial charge in [0.2, 0.25) is 10.0 Å². The van der Waals surface area contributed by atoms with Gasteiger partial charge >= 0.3 is 0 Å². The van der Waals surface area contributed by atoms with Crippen molar-refractivity contribution in [1.82, 2.24) is 9.71 Å². The molecule has 0 radical (unpaired) electrons. The van der Waals surface area contributed by atoms with Crippen molar-refractivity contribution in [3.8, 4) is 0 Å². The van der Waals surface area contributed by atoms with Crippen molar-refractivity contribution in [2.24, 2.45) is 0 Å². The van der Waals surface area contributed by atoms with Crippen LogP contribution in [0.4, 0.5) is 6.01 Å². The van der Waals surface area contributed by atoms with Crippen LogP contribution in [0.2, 0.25) is 0 Å². The van der Waals surface area contributed by atoms with Gasteiger partial charge in [0, 0.05) is 19.1 Å². The molecule has 0 amide bonds. The SMILES string of the molecule is Cc1cc(C)c(S(=O)(=O)NCC2CCCN2c2nc3ccccc3o2)c(C)c1. The van der Waals surface area contributed by atoms with E-state index >= 15 is 0 Å². The largest absolute Gasteiger partial charge is 0.423 e. The van der Waals surface area contributed by atoms with Crippen molar-refractivity contribution >= 4 is 27.1 Å². The third-order valence-corrected chi connectivity index (χ3v) is 7.02. The highest BCUT2D eigenvalue weighted by Gasteiger charge is 2.30. The van der Waals surface area contributed by atoms with Gasteiger partial charge in [-0.2, -0.15) is 4.98 Å². The second-order valence-corrected chi connectivity index (χ2v) is 9.24. The van der Waals surface area contributed by atoms with Gasteiger partial charge in [-0.3, -0.25) is 0 Å². The number of rotatable bonds is 5. The fourth-order valence-electron chi connectivity index (χ4n) is 4.15. The zero-order valence-corrected chi connectivity index (χ0v) is 17.2. The van der Waals surface area contributed by atoms with Crippen LogP contribution in [0.15, 0.2) is 45.7 Å². The molecule has 1 saturated heterocycles. The minimum atomic E-state index is -3.58. The number of nitrogens with one attached hydrogen (secondary N) is 1. The number of nitrogens with zero attached hydrogens (tertiary/aromatic N) is 2. The molecule has 1 unspecified atom stereocenters. The molecule has 28 heavy (non-hydrogen) atoms. The number of aromatic nitrogens is 1. The summed E-state index contributed by atoms with van der Waals surface area (Å²) in [5, 5.41) is 0. The normalized spacial score (nSPS) is 17.5. The first-order valence-corrected chi connectivity index (χ1v) is 11.0. The number of aryl methyl sites for hydroxylation is 3. The highest BCUT2D eigenvalue weighted by Crippen LogP contribution is 2.28. The predicted octanol–water partition coefficient (Wildman–Crippen LogP) is 3.70. The fraction of sp³-hybridized carbons (Fsp3) is 0.381. The lowest BCUT2D eigenvalue weighted by molar-refractivity contribution is 0.533. The molecule has 1 N–H and O–H groups in total. The molecule has 2 heterocycles. The number of hydrogen-bond acceptors (Lipinski definition) is 5. The van der Waals surface area contributed by atoms with Crippen LogP contribution in [-0.4, -0.2) is 32.5 Å². The summed E-state index contributed by atoms with van der Waals surface area (Å²) in [6.45, 7) is 6.79. The minimum absolute atomic E-state index is 0.0221. The van der Waals surface area contributed by atoms with Crippen LogP contribution in [0.1, 0.15) is 29.5 Å². The van der Waals surface area contributed by atoms with Crippen molar-refractivity contribution in [1.29, 1.82) is 0 Å².